The number of aromatic nitrogens is 2. The van der Waals surface area contributed by atoms with Crippen LogP contribution in [0.2, 0.25) is 5.02 Å². The van der Waals surface area contributed by atoms with Crippen LogP contribution in [0.5, 0.6) is 0 Å². The quantitative estimate of drug-likeness (QED) is 0.249. The van der Waals surface area contributed by atoms with E-state index in [2.05, 4.69) is 16.9 Å². The number of halogens is 2. The Balaban J connectivity index is 0.000000298. The monoisotopic (exact) mass is 565 g/mol. The molecule has 5 rings (SSSR count). The lowest BCUT2D eigenvalue weighted by atomic mass is 9.85. The highest BCUT2D eigenvalue weighted by Crippen LogP contribution is 2.57. The lowest BCUT2D eigenvalue weighted by Gasteiger charge is -2.39. The van der Waals surface area contributed by atoms with Crippen LogP contribution in [0, 0.1) is 26.6 Å². The number of nitrogens with zero attached hydrogens (tertiary/aromatic N) is 3. The number of carbonyl (C=O) groups excluding carboxylic acids is 2. The van der Waals surface area contributed by atoms with Crippen LogP contribution in [-0.4, -0.2) is 39.4 Å². The highest BCUT2D eigenvalue weighted by atomic mass is 35.5. The minimum absolute atomic E-state index is 0.000223. The van der Waals surface area contributed by atoms with Gasteiger partial charge in [0.2, 0.25) is 0 Å². The minimum atomic E-state index is -0.373. The molecule has 1 unspecified atom stereocenters. The van der Waals surface area contributed by atoms with Gasteiger partial charge in [-0.15, -0.1) is 0 Å². The normalized spacial score (nSPS) is 16.7. The van der Waals surface area contributed by atoms with Crippen molar-refractivity contribution in [2.75, 3.05) is 13.1 Å². The number of amides is 1. The summed E-state index contributed by atoms with van der Waals surface area (Å²) in [7, 11) is 0.111. The van der Waals surface area contributed by atoms with Gasteiger partial charge >= 0.3 is 0 Å². The van der Waals surface area contributed by atoms with Gasteiger partial charge in [-0.2, -0.15) is 0 Å². The van der Waals surface area contributed by atoms with E-state index in [4.69, 9.17) is 11.6 Å². The maximum atomic E-state index is 13.6. The summed E-state index contributed by atoms with van der Waals surface area (Å²) < 4.78 is 13.6. The summed E-state index contributed by atoms with van der Waals surface area (Å²) in [5, 5.41) is 0.402. The lowest BCUT2D eigenvalue weighted by molar-refractivity contribution is -0.126. The van der Waals surface area contributed by atoms with E-state index in [0.717, 1.165) is 47.5 Å². The van der Waals surface area contributed by atoms with E-state index in [9.17, 15) is 14.0 Å². The maximum absolute atomic E-state index is 13.6. The molecule has 0 N–H and O–H groups in total. The third-order valence-electron chi connectivity index (χ3n) is 7.58. The summed E-state index contributed by atoms with van der Waals surface area (Å²) in [6.07, 6.45) is 6.21. The van der Waals surface area contributed by atoms with Gasteiger partial charge < -0.3 is 4.90 Å². The molecular weight excluding hydrogens is 532 g/mol. The van der Waals surface area contributed by atoms with Crippen LogP contribution >= 0.6 is 20.2 Å². The van der Waals surface area contributed by atoms with Crippen LogP contribution in [0.25, 0.3) is 5.57 Å². The van der Waals surface area contributed by atoms with Crippen LogP contribution in [0.3, 0.4) is 0 Å². The van der Waals surface area contributed by atoms with Gasteiger partial charge in [0, 0.05) is 46.3 Å². The number of piperidine rings is 1. The van der Waals surface area contributed by atoms with Crippen LogP contribution in [0.4, 0.5) is 4.39 Å². The fourth-order valence-electron chi connectivity index (χ4n) is 5.41. The first-order valence-corrected chi connectivity index (χ1v) is 14.6. The van der Waals surface area contributed by atoms with E-state index in [1.54, 1.807) is 12.1 Å². The average Bonchev–Trinajstić information content (AvgIpc) is 3.16. The second-order valence-electron chi connectivity index (χ2n) is 10.1. The topological polar surface area (TPSA) is 63.2 Å². The Morgan fingerprint density at radius 3 is 2.49 bits per heavy atom. The number of carbonyl (C=O) groups is 2. The van der Waals surface area contributed by atoms with Gasteiger partial charge in [-0.05, 0) is 102 Å². The largest absolute Gasteiger partial charge is 0.339 e. The molecule has 1 spiro atoms. The molecule has 2 aromatic carbocycles. The van der Waals surface area contributed by atoms with E-state index in [-0.39, 0.29) is 31.0 Å². The Labute approximate surface area is 236 Å². The zero-order valence-corrected chi connectivity index (χ0v) is 24.8. The van der Waals surface area contributed by atoms with Gasteiger partial charge in [0.25, 0.3) is 5.91 Å². The van der Waals surface area contributed by atoms with Crippen LogP contribution < -0.4 is 0 Å². The van der Waals surface area contributed by atoms with Crippen LogP contribution in [-0.2, 0) is 16.4 Å². The standard InChI is InChI=1S/C23H22ClFNO2P.C8H12N2/c1-3-17(18-6-4-15(24)12-14(18)2)21(27)26-10-8-23(9-11-26)20-7-5-16(25)13-19(20)22(28)29-23;1-4-8-5-9-7(3)10-6(8)2/h3-7,12-13,29H,8-11H2,1-2H3;5H,4H2,1-3H3/b17-3+;. The van der Waals surface area contributed by atoms with Gasteiger partial charge in [0.05, 0.1) is 0 Å². The molecule has 5 nitrogen and oxygen atoms in total. The smallest absolute Gasteiger partial charge is 0.254 e. The Kier molecular flexibility index (Phi) is 8.98. The minimum Gasteiger partial charge on any atom is -0.339 e. The van der Waals surface area contributed by atoms with Crippen molar-refractivity contribution in [1.82, 2.24) is 14.9 Å². The van der Waals surface area contributed by atoms with E-state index < -0.39 is 0 Å². The molecule has 0 saturated carbocycles. The number of aryl methyl sites for hydroxylation is 4. The van der Waals surface area contributed by atoms with Crippen molar-refractivity contribution >= 4 is 37.2 Å². The maximum Gasteiger partial charge on any atom is 0.254 e. The molecule has 0 bridgehead atoms. The molecule has 1 aromatic heterocycles. The van der Waals surface area contributed by atoms with Crippen molar-refractivity contribution in [1.29, 1.82) is 0 Å². The van der Waals surface area contributed by atoms with Crippen molar-refractivity contribution in [3.63, 3.8) is 0 Å². The number of benzene rings is 2. The van der Waals surface area contributed by atoms with Gasteiger partial charge in [-0.1, -0.05) is 36.7 Å². The van der Waals surface area contributed by atoms with E-state index in [1.165, 1.54) is 17.7 Å². The van der Waals surface area contributed by atoms with E-state index in [1.807, 2.05) is 57.0 Å². The number of rotatable bonds is 3. The zero-order chi connectivity index (χ0) is 28.3. The summed E-state index contributed by atoms with van der Waals surface area (Å²) >= 11 is 6.06. The van der Waals surface area contributed by atoms with Crippen molar-refractivity contribution < 1.29 is 14.0 Å². The summed E-state index contributed by atoms with van der Waals surface area (Å²) in [5.41, 5.74) is 6.38. The average molecular weight is 566 g/mol. The number of hydrogen-bond donors (Lipinski definition) is 0. The molecule has 0 radical (unpaired) electrons. The first-order chi connectivity index (χ1) is 18.6. The SMILES string of the molecule is C/C=C(/C(=O)N1CCC2(CC1)PC(=O)c1cc(F)ccc12)c1ccc(Cl)cc1C.CCc1cnc(C)nc1C. The summed E-state index contributed by atoms with van der Waals surface area (Å²) in [4.78, 5) is 35.9. The highest BCUT2D eigenvalue weighted by molar-refractivity contribution is 7.60. The Morgan fingerprint density at radius 2 is 1.87 bits per heavy atom. The number of allylic oxidation sites excluding steroid dienone is 1. The summed E-state index contributed by atoms with van der Waals surface area (Å²) in [6.45, 7) is 11.0. The second-order valence-corrected chi connectivity index (χ2v) is 12.2. The van der Waals surface area contributed by atoms with Crippen LogP contribution in [0.1, 0.15) is 70.8 Å². The molecule has 1 amide bonds. The first-order valence-electron chi connectivity index (χ1n) is 13.2. The van der Waals surface area contributed by atoms with Gasteiger partial charge in [-0.3, -0.25) is 9.59 Å². The van der Waals surface area contributed by atoms with Crippen molar-refractivity contribution in [2.45, 2.75) is 59.0 Å². The molecule has 1 saturated heterocycles. The molecule has 0 aliphatic carbocycles. The number of likely N-dealkylation sites (tertiary alicyclic amines) is 1. The van der Waals surface area contributed by atoms with Crippen molar-refractivity contribution in [2.24, 2.45) is 0 Å². The number of hydrogen-bond acceptors (Lipinski definition) is 4. The zero-order valence-electron chi connectivity index (χ0n) is 23.1. The number of fused-ring (bicyclic) bond motifs is 2. The Morgan fingerprint density at radius 1 is 1.15 bits per heavy atom. The molecular formula is C31H34ClFN3O2P. The molecule has 39 heavy (non-hydrogen) atoms. The molecule has 3 heterocycles. The molecule has 2 aliphatic rings. The summed E-state index contributed by atoms with van der Waals surface area (Å²) in [6, 6.07) is 10.1. The van der Waals surface area contributed by atoms with E-state index >= 15 is 0 Å². The van der Waals surface area contributed by atoms with E-state index in [0.29, 0.717) is 29.2 Å². The fourth-order valence-corrected chi connectivity index (χ4v) is 7.24. The predicted molar refractivity (Wildman–Crippen MR) is 157 cm³/mol. The second kappa shape index (κ2) is 12.1. The van der Waals surface area contributed by atoms with Gasteiger partial charge in [-0.25, -0.2) is 14.4 Å². The molecule has 1 fully saturated rings. The molecule has 8 heteroatoms. The third-order valence-corrected chi connectivity index (χ3v) is 9.56. The molecule has 1 atom stereocenters. The third kappa shape index (κ3) is 6.13. The van der Waals surface area contributed by atoms with Crippen molar-refractivity contribution in [3.8, 4) is 0 Å². The lowest BCUT2D eigenvalue weighted by Crippen LogP contribution is -2.43. The molecule has 204 valence electrons. The first kappa shape index (κ1) is 29.0. The summed E-state index contributed by atoms with van der Waals surface area (Å²) in [5.74, 6) is 0.483. The van der Waals surface area contributed by atoms with Gasteiger partial charge in [0.1, 0.15) is 11.6 Å². The molecule has 2 aliphatic heterocycles. The fraction of sp³-hybridized carbons (Fsp3) is 0.355. The van der Waals surface area contributed by atoms with Gasteiger partial charge in [0.15, 0.2) is 5.52 Å². The highest BCUT2D eigenvalue weighted by Gasteiger charge is 2.46. The Hall–Kier alpha value is -2.95. The predicted octanol–water partition coefficient (Wildman–Crippen LogP) is 7.20. The van der Waals surface area contributed by atoms with Crippen molar-refractivity contribution in [3.05, 3.63) is 98.8 Å². The Bertz CT molecular complexity index is 1450. The van der Waals surface area contributed by atoms with Crippen LogP contribution in [0.15, 0.2) is 48.7 Å². The molecule has 3 aromatic rings.